The molecule has 0 amide bonds. The Balaban J connectivity index is 2.14. The summed E-state index contributed by atoms with van der Waals surface area (Å²) >= 11 is 13.7. The van der Waals surface area contributed by atoms with Crippen LogP contribution in [0.4, 0.5) is 0 Å². The Morgan fingerprint density at radius 2 is 2.16 bits per heavy atom. The van der Waals surface area contributed by atoms with Gasteiger partial charge in [0.2, 0.25) is 0 Å². The van der Waals surface area contributed by atoms with Crippen LogP contribution in [-0.2, 0) is 19.6 Å². The summed E-state index contributed by atoms with van der Waals surface area (Å²) in [5.41, 5.74) is 7.37. The van der Waals surface area contributed by atoms with E-state index in [9.17, 15) is 0 Å². The minimum atomic E-state index is 0.326. The lowest BCUT2D eigenvalue weighted by molar-refractivity contribution is 0.299. The number of benzene rings is 1. The third-order valence-electron chi connectivity index (χ3n) is 2.57. The molecule has 0 fully saturated rings. The molecule has 0 saturated heterocycles. The van der Waals surface area contributed by atoms with Crippen molar-refractivity contribution in [2.75, 3.05) is 0 Å². The van der Waals surface area contributed by atoms with Crippen LogP contribution in [-0.4, -0.2) is 4.98 Å². The van der Waals surface area contributed by atoms with E-state index in [1.807, 2.05) is 5.38 Å². The first kappa shape index (κ1) is 14.6. The lowest BCUT2D eigenvalue weighted by atomic mass is 10.2. The van der Waals surface area contributed by atoms with Crippen LogP contribution in [0.1, 0.15) is 23.2 Å². The summed E-state index contributed by atoms with van der Waals surface area (Å²) < 4.78 is 5.73. The summed E-state index contributed by atoms with van der Waals surface area (Å²) in [6, 6.07) is 3.41. The molecular formula is C13H14Cl2N2OS. The van der Waals surface area contributed by atoms with E-state index in [1.165, 1.54) is 0 Å². The van der Waals surface area contributed by atoms with Gasteiger partial charge in [-0.2, -0.15) is 0 Å². The quantitative estimate of drug-likeness (QED) is 0.905. The van der Waals surface area contributed by atoms with E-state index in [0.29, 0.717) is 28.9 Å². The first-order valence-electron chi connectivity index (χ1n) is 5.88. The number of nitrogens with zero attached hydrogens (tertiary/aromatic N) is 1. The van der Waals surface area contributed by atoms with Crippen molar-refractivity contribution in [3.8, 4) is 5.75 Å². The maximum absolute atomic E-state index is 6.13. The number of thiazole rings is 1. The number of rotatable bonds is 5. The normalized spacial score (nSPS) is 10.7. The predicted octanol–water partition coefficient (Wildman–Crippen LogP) is 4.05. The van der Waals surface area contributed by atoms with Crippen molar-refractivity contribution in [1.82, 2.24) is 4.98 Å². The van der Waals surface area contributed by atoms with Crippen molar-refractivity contribution in [1.29, 1.82) is 0 Å². The summed E-state index contributed by atoms with van der Waals surface area (Å²) in [7, 11) is 0. The van der Waals surface area contributed by atoms with Crippen LogP contribution in [0.3, 0.4) is 0 Å². The van der Waals surface area contributed by atoms with Gasteiger partial charge in [-0.15, -0.1) is 11.3 Å². The van der Waals surface area contributed by atoms with Gasteiger partial charge in [-0.1, -0.05) is 30.1 Å². The van der Waals surface area contributed by atoms with Gasteiger partial charge < -0.3 is 10.5 Å². The monoisotopic (exact) mass is 316 g/mol. The standard InChI is InChI=1S/C13H14Cl2N2OS/c1-2-12-17-10(7-19-12)6-18-13-8(5-16)3-9(14)4-11(13)15/h3-4,7H,2,5-6,16H2,1H3. The zero-order valence-electron chi connectivity index (χ0n) is 10.5. The van der Waals surface area contributed by atoms with Crippen LogP contribution >= 0.6 is 34.5 Å². The van der Waals surface area contributed by atoms with Crippen molar-refractivity contribution in [3.63, 3.8) is 0 Å². The highest BCUT2D eigenvalue weighted by Crippen LogP contribution is 2.32. The van der Waals surface area contributed by atoms with Crippen molar-refractivity contribution in [3.05, 3.63) is 43.8 Å². The lowest BCUT2D eigenvalue weighted by Gasteiger charge is -2.11. The maximum Gasteiger partial charge on any atom is 0.143 e. The molecule has 2 rings (SSSR count). The minimum absolute atomic E-state index is 0.326. The highest BCUT2D eigenvalue weighted by molar-refractivity contribution is 7.09. The van der Waals surface area contributed by atoms with Crippen LogP contribution in [0, 0.1) is 0 Å². The molecule has 3 nitrogen and oxygen atoms in total. The number of hydrogen-bond acceptors (Lipinski definition) is 4. The van der Waals surface area contributed by atoms with Gasteiger partial charge in [-0.25, -0.2) is 4.98 Å². The van der Waals surface area contributed by atoms with E-state index >= 15 is 0 Å². The van der Waals surface area contributed by atoms with Gasteiger partial charge in [0.25, 0.3) is 0 Å². The van der Waals surface area contributed by atoms with Gasteiger partial charge in [-0.3, -0.25) is 0 Å². The molecule has 2 aromatic rings. The maximum atomic E-state index is 6.13. The Labute approximate surface area is 126 Å². The summed E-state index contributed by atoms with van der Waals surface area (Å²) in [6.45, 7) is 2.78. The fourth-order valence-corrected chi connectivity index (χ4v) is 2.97. The Kier molecular flexibility index (Phi) is 5.05. The van der Waals surface area contributed by atoms with Crippen molar-refractivity contribution in [2.45, 2.75) is 26.5 Å². The number of hydrogen-bond donors (Lipinski definition) is 1. The molecule has 1 aromatic heterocycles. The van der Waals surface area contributed by atoms with E-state index in [1.54, 1.807) is 23.5 Å². The average Bonchev–Trinajstić information content (AvgIpc) is 2.84. The molecule has 0 saturated carbocycles. The molecule has 2 N–H and O–H groups in total. The largest absolute Gasteiger partial charge is 0.485 e. The van der Waals surface area contributed by atoms with Crippen LogP contribution < -0.4 is 10.5 Å². The molecule has 1 heterocycles. The fourth-order valence-electron chi connectivity index (χ4n) is 1.65. The van der Waals surface area contributed by atoms with Crippen molar-refractivity contribution >= 4 is 34.5 Å². The van der Waals surface area contributed by atoms with Crippen molar-refractivity contribution < 1.29 is 4.74 Å². The Bertz CT molecular complexity index is 572. The number of ether oxygens (including phenoxy) is 1. The molecule has 1 aromatic carbocycles. The Morgan fingerprint density at radius 3 is 2.79 bits per heavy atom. The van der Waals surface area contributed by atoms with Gasteiger partial charge in [0.1, 0.15) is 12.4 Å². The molecule has 0 unspecified atom stereocenters. The third kappa shape index (κ3) is 3.60. The molecule has 0 aliphatic rings. The number of aromatic nitrogens is 1. The molecule has 0 aliphatic heterocycles. The molecule has 0 bridgehead atoms. The van der Waals surface area contributed by atoms with E-state index < -0.39 is 0 Å². The van der Waals surface area contributed by atoms with Crippen LogP contribution in [0.25, 0.3) is 0 Å². The summed E-state index contributed by atoms with van der Waals surface area (Å²) in [5.74, 6) is 0.583. The van der Waals surface area contributed by atoms with Gasteiger partial charge in [0.15, 0.2) is 0 Å². The lowest BCUT2D eigenvalue weighted by Crippen LogP contribution is -2.04. The number of nitrogens with two attached hydrogens (primary N) is 1. The summed E-state index contributed by atoms with van der Waals surface area (Å²) in [6.07, 6.45) is 0.931. The molecule has 19 heavy (non-hydrogen) atoms. The average molecular weight is 317 g/mol. The highest BCUT2D eigenvalue weighted by atomic mass is 35.5. The van der Waals surface area contributed by atoms with Gasteiger partial charge in [0, 0.05) is 22.5 Å². The van der Waals surface area contributed by atoms with E-state index in [0.717, 1.165) is 22.7 Å². The minimum Gasteiger partial charge on any atom is -0.485 e. The summed E-state index contributed by atoms with van der Waals surface area (Å²) in [5, 5.41) is 4.11. The molecule has 6 heteroatoms. The second kappa shape index (κ2) is 6.57. The molecule has 0 atom stereocenters. The first-order chi connectivity index (χ1) is 9.13. The molecule has 102 valence electrons. The Morgan fingerprint density at radius 1 is 1.37 bits per heavy atom. The van der Waals surface area contributed by atoms with E-state index in [2.05, 4.69) is 11.9 Å². The molecule has 0 aliphatic carbocycles. The number of halogens is 2. The molecule has 0 radical (unpaired) electrons. The van der Waals surface area contributed by atoms with Gasteiger partial charge >= 0.3 is 0 Å². The second-order valence-electron chi connectivity index (χ2n) is 3.95. The van der Waals surface area contributed by atoms with E-state index in [-0.39, 0.29) is 0 Å². The Hall–Kier alpha value is -0.810. The second-order valence-corrected chi connectivity index (χ2v) is 5.74. The molecular weight excluding hydrogens is 303 g/mol. The van der Waals surface area contributed by atoms with Crippen LogP contribution in [0.2, 0.25) is 10.0 Å². The topological polar surface area (TPSA) is 48.1 Å². The zero-order valence-corrected chi connectivity index (χ0v) is 12.8. The predicted molar refractivity (Wildman–Crippen MR) is 80.2 cm³/mol. The smallest absolute Gasteiger partial charge is 0.143 e. The van der Waals surface area contributed by atoms with Crippen molar-refractivity contribution in [2.24, 2.45) is 5.73 Å². The fraction of sp³-hybridized carbons (Fsp3) is 0.308. The SMILES string of the molecule is CCc1nc(COc2c(Cl)cc(Cl)cc2CN)cs1. The van der Waals surface area contributed by atoms with Crippen LogP contribution in [0.5, 0.6) is 5.75 Å². The highest BCUT2D eigenvalue weighted by Gasteiger charge is 2.11. The van der Waals surface area contributed by atoms with Gasteiger partial charge in [-0.05, 0) is 18.6 Å². The number of aryl methyl sites for hydroxylation is 1. The summed E-state index contributed by atoms with van der Waals surface area (Å²) in [4.78, 5) is 4.44. The van der Waals surface area contributed by atoms with Gasteiger partial charge in [0.05, 0.1) is 15.7 Å². The molecule has 0 spiro atoms. The van der Waals surface area contributed by atoms with E-state index in [4.69, 9.17) is 33.7 Å². The first-order valence-corrected chi connectivity index (χ1v) is 7.51. The zero-order chi connectivity index (χ0) is 13.8. The van der Waals surface area contributed by atoms with Crippen LogP contribution in [0.15, 0.2) is 17.5 Å². The third-order valence-corrected chi connectivity index (χ3v) is 4.11.